The second-order valence-electron chi connectivity index (χ2n) is 2.99. The lowest BCUT2D eigenvalue weighted by molar-refractivity contribution is 0.461. The standard InChI is InChI=1S/C7H12N/c1-6(5-8)7(2,3)4/h1-4H3. The maximum absolute atomic E-state index is 8.38. The first-order valence-corrected chi connectivity index (χ1v) is 2.72. The summed E-state index contributed by atoms with van der Waals surface area (Å²) in [6.45, 7) is 7.96. The monoisotopic (exact) mass is 110 g/mol. The molecule has 0 saturated heterocycles. The molecule has 0 aliphatic rings. The van der Waals surface area contributed by atoms with Crippen LogP contribution in [0.15, 0.2) is 0 Å². The molecular weight excluding hydrogens is 98.1 g/mol. The predicted molar refractivity (Wildman–Crippen MR) is 34.0 cm³/mol. The van der Waals surface area contributed by atoms with Gasteiger partial charge < -0.3 is 0 Å². The van der Waals surface area contributed by atoms with E-state index < -0.39 is 0 Å². The Morgan fingerprint density at radius 1 is 1.38 bits per heavy atom. The van der Waals surface area contributed by atoms with Crippen molar-refractivity contribution in [2.45, 2.75) is 27.7 Å². The second-order valence-corrected chi connectivity index (χ2v) is 2.99. The van der Waals surface area contributed by atoms with Crippen LogP contribution in [0, 0.1) is 22.7 Å². The summed E-state index contributed by atoms with van der Waals surface area (Å²) in [4.78, 5) is 0. The first-order chi connectivity index (χ1) is 3.48. The maximum Gasteiger partial charge on any atom is 0.0782 e. The van der Waals surface area contributed by atoms with Gasteiger partial charge in [-0.25, -0.2) is 0 Å². The molecule has 1 nitrogen and oxygen atoms in total. The summed E-state index contributed by atoms with van der Waals surface area (Å²) >= 11 is 0. The lowest BCUT2D eigenvalue weighted by Crippen LogP contribution is -2.12. The largest absolute Gasteiger partial charge is 0.198 e. The molecule has 0 unspecified atom stereocenters. The van der Waals surface area contributed by atoms with Gasteiger partial charge in [0.15, 0.2) is 0 Å². The fraction of sp³-hybridized carbons (Fsp3) is 0.714. The number of hydrogen-bond acceptors (Lipinski definition) is 1. The third-order valence-electron chi connectivity index (χ3n) is 1.29. The average molecular weight is 110 g/mol. The number of rotatable bonds is 0. The van der Waals surface area contributed by atoms with E-state index in [-0.39, 0.29) is 5.41 Å². The van der Waals surface area contributed by atoms with Gasteiger partial charge in [0, 0.05) is 0 Å². The summed E-state index contributed by atoms with van der Waals surface area (Å²) in [5, 5.41) is 8.38. The van der Waals surface area contributed by atoms with Gasteiger partial charge in [0.25, 0.3) is 0 Å². The van der Waals surface area contributed by atoms with Gasteiger partial charge in [0.2, 0.25) is 0 Å². The van der Waals surface area contributed by atoms with E-state index in [1.807, 2.05) is 27.7 Å². The first kappa shape index (κ1) is 7.49. The molecule has 0 saturated carbocycles. The Morgan fingerprint density at radius 3 is 1.75 bits per heavy atom. The summed E-state index contributed by atoms with van der Waals surface area (Å²) in [6.07, 6.45) is 0. The van der Waals surface area contributed by atoms with Crippen molar-refractivity contribution in [2.24, 2.45) is 5.41 Å². The third-order valence-corrected chi connectivity index (χ3v) is 1.29. The summed E-state index contributed by atoms with van der Waals surface area (Å²) < 4.78 is 0. The van der Waals surface area contributed by atoms with Crippen molar-refractivity contribution in [3.05, 3.63) is 5.92 Å². The zero-order chi connectivity index (χ0) is 6.78. The Bertz CT molecular complexity index is 103. The summed E-state index contributed by atoms with van der Waals surface area (Å²) in [6, 6.07) is 2.12. The minimum absolute atomic E-state index is 0.0642. The molecule has 0 bridgehead atoms. The topological polar surface area (TPSA) is 23.8 Å². The van der Waals surface area contributed by atoms with E-state index in [4.69, 9.17) is 5.26 Å². The highest BCUT2D eigenvalue weighted by Gasteiger charge is 2.19. The van der Waals surface area contributed by atoms with E-state index in [1.165, 1.54) is 0 Å². The van der Waals surface area contributed by atoms with Crippen LogP contribution in [-0.4, -0.2) is 0 Å². The molecule has 0 N–H and O–H groups in total. The van der Waals surface area contributed by atoms with Crippen LogP contribution in [0.1, 0.15) is 27.7 Å². The molecule has 0 aliphatic heterocycles. The van der Waals surface area contributed by atoms with Gasteiger partial charge in [-0.2, -0.15) is 5.26 Å². The molecule has 8 heavy (non-hydrogen) atoms. The highest BCUT2D eigenvalue weighted by Crippen LogP contribution is 2.25. The van der Waals surface area contributed by atoms with E-state index in [9.17, 15) is 0 Å². The summed E-state index contributed by atoms with van der Waals surface area (Å²) in [5.41, 5.74) is 0.0642. The van der Waals surface area contributed by atoms with Gasteiger partial charge >= 0.3 is 0 Å². The van der Waals surface area contributed by atoms with Crippen molar-refractivity contribution in [1.29, 1.82) is 5.26 Å². The van der Waals surface area contributed by atoms with E-state index >= 15 is 0 Å². The van der Waals surface area contributed by atoms with Gasteiger partial charge in [0.05, 0.1) is 12.0 Å². The average Bonchev–Trinajstić information content (AvgIpc) is 1.62. The zero-order valence-corrected chi connectivity index (χ0v) is 5.95. The Hall–Kier alpha value is -0.510. The van der Waals surface area contributed by atoms with E-state index in [0.717, 1.165) is 5.92 Å². The van der Waals surface area contributed by atoms with Crippen molar-refractivity contribution >= 4 is 0 Å². The fourth-order valence-corrected chi connectivity index (χ4v) is 0.168. The molecular formula is C7H12N. The molecule has 0 aromatic carbocycles. The van der Waals surface area contributed by atoms with Crippen LogP contribution >= 0.6 is 0 Å². The van der Waals surface area contributed by atoms with Crippen LogP contribution in [0.4, 0.5) is 0 Å². The van der Waals surface area contributed by atoms with Crippen LogP contribution < -0.4 is 0 Å². The van der Waals surface area contributed by atoms with E-state index in [0.29, 0.717) is 0 Å². The van der Waals surface area contributed by atoms with E-state index in [1.54, 1.807) is 0 Å². The molecule has 0 aliphatic carbocycles. The third kappa shape index (κ3) is 1.97. The summed E-state index contributed by atoms with van der Waals surface area (Å²) in [5.74, 6) is 0.887. The normalized spacial score (nSPS) is 11.5. The van der Waals surface area contributed by atoms with Crippen molar-refractivity contribution < 1.29 is 0 Å². The zero-order valence-electron chi connectivity index (χ0n) is 5.95. The molecule has 0 aromatic rings. The van der Waals surface area contributed by atoms with Crippen LogP contribution in [0.2, 0.25) is 0 Å². The number of nitriles is 1. The highest BCUT2D eigenvalue weighted by atomic mass is 14.3. The van der Waals surface area contributed by atoms with Crippen molar-refractivity contribution in [3.63, 3.8) is 0 Å². The van der Waals surface area contributed by atoms with Gasteiger partial charge in [-0.3, -0.25) is 0 Å². The van der Waals surface area contributed by atoms with Gasteiger partial charge in [-0.15, -0.1) is 0 Å². The predicted octanol–water partition coefficient (Wildman–Crippen LogP) is 2.15. The van der Waals surface area contributed by atoms with Crippen molar-refractivity contribution in [2.75, 3.05) is 0 Å². The van der Waals surface area contributed by atoms with Gasteiger partial charge in [-0.05, 0) is 12.3 Å². The second kappa shape index (κ2) is 2.17. The van der Waals surface area contributed by atoms with E-state index in [2.05, 4.69) is 6.07 Å². The Morgan fingerprint density at radius 2 is 1.75 bits per heavy atom. The minimum Gasteiger partial charge on any atom is -0.198 e. The van der Waals surface area contributed by atoms with Crippen molar-refractivity contribution in [1.82, 2.24) is 0 Å². The maximum atomic E-state index is 8.38. The molecule has 0 spiro atoms. The Kier molecular flexibility index (Phi) is 2.03. The molecule has 0 heterocycles. The lowest BCUT2D eigenvalue weighted by Gasteiger charge is -2.18. The van der Waals surface area contributed by atoms with Gasteiger partial charge in [0.1, 0.15) is 0 Å². The SMILES string of the molecule is C[C](C#N)C(C)(C)C. The van der Waals surface area contributed by atoms with Crippen LogP contribution in [-0.2, 0) is 0 Å². The molecule has 0 aromatic heterocycles. The smallest absolute Gasteiger partial charge is 0.0782 e. The molecule has 0 amide bonds. The molecule has 0 rings (SSSR count). The fourth-order valence-electron chi connectivity index (χ4n) is 0.168. The Balaban J connectivity index is 3.87. The number of hydrogen-bond donors (Lipinski definition) is 0. The molecule has 0 atom stereocenters. The van der Waals surface area contributed by atoms with Gasteiger partial charge in [-0.1, -0.05) is 20.8 Å². The highest BCUT2D eigenvalue weighted by molar-refractivity contribution is 5.14. The lowest BCUT2D eigenvalue weighted by atomic mass is 9.83. The molecule has 1 heteroatoms. The Labute approximate surface area is 51.3 Å². The van der Waals surface area contributed by atoms with Crippen molar-refractivity contribution in [3.8, 4) is 6.07 Å². The minimum atomic E-state index is 0.0642. The number of nitrogens with zero attached hydrogens (tertiary/aromatic N) is 1. The van der Waals surface area contributed by atoms with Crippen LogP contribution in [0.25, 0.3) is 0 Å². The first-order valence-electron chi connectivity index (χ1n) is 2.72. The molecule has 0 fully saturated rings. The van der Waals surface area contributed by atoms with Crippen LogP contribution in [0.5, 0.6) is 0 Å². The summed E-state index contributed by atoms with van der Waals surface area (Å²) in [7, 11) is 0. The quantitative estimate of drug-likeness (QED) is 0.468. The molecule has 1 radical (unpaired) electrons. The molecule has 45 valence electrons. The van der Waals surface area contributed by atoms with Crippen LogP contribution in [0.3, 0.4) is 0 Å².